The molecule has 0 atom stereocenters. The van der Waals surface area contributed by atoms with Crippen LogP contribution in [0.15, 0.2) is 28.4 Å². The Labute approximate surface area is 126 Å². The van der Waals surface area contributed by atoms with Gasteiger partial charge in [-0.15, -0.1) is 0 Å². The topological polar surface area (TPSA) is 38.7 Å². The van der Waals surface area contributed by atoms with Crippen molar-refractivity contribution >= 4 is 35.0 Å². The van der Waals surface area contributed by atoms with E-state index in [9.17, 15) is 0 Å². The number of rotatable bonds is 3. The number of aromatic nitrogens is 3. The van der Waals surface area contributed by atoms with Crippen molar-refractivity contribution in [3.05, 3.63) is 39.9 Å². The van der Waals surface area contributed by atoms with Crippen LogP contribution in [0, 0.1) is 6.92 Å². The van der Waals surface area contributed by atoms with Gasteiger partial charge in [-0.3, -0.25) is 0 Å². The highest BCUT2D eigenvalue weighted by atomic mass is 35.5. The quantitative estimate of drug-likeness (QED) is 0.766. The van der Waals surface area contributed by atoms with Crippen LogP contribution in [0.4, 0.5) is 0 Å². The van der Waals surface area contributed by atoms with E-state index >= 15 is 0 Å². The van der Waals surface area contributed by atoms with Crippen LogP contribution in [0.2, 0.25) is 10.2 Å². The molecule has 0 aliphatic heterocycles. The van der Waals surface area contributed by atoms with Crippen molar-refractivity contribution in [2.45, 2.75) is 36.7 Å². The lowest BCUT2D eigenvalue weighted by Crippen LogP contribution is -2.01. The molecule has 2 aromatic rings. The van der Waals surface area contributed by atoms with Gasteiger partial charge in [-0.25, -0.2) is 15.0 Å². The van der Waals surface area contributed by atoms with Crippen LogP contribution < -0.4 is 0 Å². The fourth-order valence-electron chi connectivity index (χ4n) is 1.38. The molecule has 0 saturated heterocycles. The monoisotopic (exact) mass is 313 g/mol. The minimum atomic E-state index is 0.219. The Morgan fingerprint density at radius 3 is 2.53 bits per heavy atom. The van der Waals surface area contributed by atoms with Crippen molar-refractivity contribution in [1.29, 1.82) is 0 Å². The molecule has 6 heteroatoms. The van der Waals surface area contributed by atoms with Crippen molar-refractivity contribution in [2.24, 2.45) is 0 Å². The summed E-state index contributed by atoms with van der Waals surface area (Å²) in [5.41, 5.74) is 0.845. The number of halogens is 2. The highest BCUT2D eigenvalue weighted by molar-refractivity contribution is 7.99. The summed E-state index contributed by atoms with van der Waals surface area (Å²) in [4.78, 5) is 13.1. The Morgan fingerprint density at radius 2 is 1.89 bits per heavy atom. The van der Waals surface area contributed by atoms with Gasteiger partial charge < -0.3 is 0 Å². The van der Waals surface area contributed by atoms with E-state index in [0.29, 0.717) is 10.2 Å². The predicted molar refractivity (Wildman–Crippen MR) is 79.2 cm³/mol. The second-order valence-electron chi connectivity index (χ2n) is 4.35. The number of hydrogen-bond acceptors (Lipinski definition) is 4. The number of hydrogen-bond donors (Lipinski definition) is 0. The molecule has 0 spiro atoms. The Hall–Kier alpha value is -0.840. The Balaban J connectivity index is 2.42. The molecule has 0 amide bonds. The summed E-state index contributed by atoms with van der Waals surface area (Å²) in [5.74, 6) is 0.946. The molecule has 2 heterocycles. The number of nitrogens with zero attached hydrogens (tertiary/aromatic N) is 3. The van der Waals surface area contributed by atoms with E-state index in [0.717, 1.165) is 21.4 Å². The Morgan fingerprint density at radius 1 is 1.16 bits per heavy atom. The summed E-state index contributed by atoms with van der Waals surface area (Å²) in [6, 6.07) is 3.60. The van der Waals surface area contributed by atoms with Gasteiger partial charge in [-0.2, -0.15) is 0 Å². The van der Waals surface area contributed by atoms with Gasteiger partial charge in [-0.05, 0) is 30.8 Å². The molecular formula is C13H13Cl2N3S. The zero-order valence-corrected chi connectivity index (χ0v) is 13.1. The zero-order valence-electron chi connectivity index (χ0n) is 10.8. The van der Waals surface area contributed by atoms with Gasteiger partial charge in [0, 0.05) is 17.7 Å². The number of pyridine rings is 1. The molecule has 19 heavy (non-hydrogen) atoms. The standard InChI is InChI=1S/C13H13Cl2N3S/c1-7(2)11-17-10(15)8(3)12(18-11)19-13-9(14)5-4-6-16-13/h4-7H,1-3H3. The van der Waals surface area contributed by atoms with E-state index in [2.05, 4.69) is 15.0 Å². The van der Waals surface area contributed by atoms with Gasteiger partial charge in [0.05, 0.1) is 5.02 Å². The van der Waals surface area contributed by atoms with E-state index in [1.54, 1.807) is 18.3 Å². The van der Waals surface area contributed by atoms with Crippen LogP contribution in [0.1, 0.15) is 31.2 Å². The molecule has 2 aromatic heterocycles. The first kappa shape index (κ1) is 14.6. The van der Waals surface area contributed by atoms with E-state index in [1.165, 1.54) is 11.8 Å². The van der Waals surface area contributed by atoms with Crippen LogP contribution in [0.3, 0.4) is 0 Å². The molecule has 0 radical (unpaired) electrons. The van der Waals surface area contributed by atoms with Crippen molar-refractivity contribution in [3.63, 3.8) is 0 Å². The second-order valence-corrected chi connectivity index (χ2v) is 6.09. The fourth-order valence-corrected chi connectivity index (χ4v) is 2.70. The van der Waals surface area contributed by atoms with Crippen LogP contribution in [0.25, 0.3) is 0 Å². The molecule has 0 bridgehead atoms. The van der Waals surface area contributed by atoms with E-state index in [4.69, 9.17) is 23.2 Å². The first-order valence-corrected chi connectivity index (χ1v) is 7.38. The van der Waals surface area contributed by atoms with E-state index in [1.807, 2.05) is 20.8 Å². The van der Waals surface area contributed by atoms with Gasteiger partial charge in [-0.1, -0.05) is 37.0 Å². The van der Waals surface area contributed by atoms with Crippen molar-refractivity contribution in [3.8, 4) is 0 Å². The highest BCUT2D eigenvalue weighted by Gasteiger charge is 2.14. The van der Waals surface area contributed by atoms with Crippen LogP contribution in [-0.2, 0) is 0 Å². The summed E-state index contributed by atoms with van der Waals surface area (Å²) >= 11 is 13.7. The van der Waals surface area contributed by atoms with Crippen molar-refractivity contribution in [1.82, 2.24) is 15.0 Å². The minimum Gasteiger partial charge on any atom is -0.248 e. The highest BCUT2D eigenvalue weighted by Crippen LogP contribution is 2.34. The average Bonchev–Trinajstić information content (AvgIpc) is 2.37. The molecule has 0 aromatic carbocycles. The molecule has 0 aliphatic carbocycles. The van der Waals surface area contributed by atoms with Crippen LogP contribution in [0.5, 0.6) is 0 Å². The summed E-state index contributed by atoms with van der Waals surface area (Å²) < 4.78 is 0. The van der Waals surface area contributed by atoms with Gasteiger partial charge in [0.1, 0.15) is 21.0 Å². The minimum absolute atomic E-state index is 0.219. The third-order valence-corrected chi connectivity index (χ3v) is 4.39. The third-order valence-electron chi connectivity index (χ3n) is 2.49. The molecule has 3 nitrogen and oxygen atoms in total. The van der Waals surface area contributed by atoms with Crippen molar-refractivity contribution < 1.29 is 0 Å². The van der Waals surface area contributed by atoms with E-state index < -0.39 is 0 Å². The van der Waals surface area contributed by atoms with Gasteiger partial charge in [0.2, 0.25) is 0 Å². The molecule has 0 N–H and O–H groups in total. The summed E-state index contributed by atoms with van der Waals surface area (Å²) in [6.07, 6.45) is 1.70. The normalized spacial score (nSPS) is 11.1. The molecule has 0 saturated carbocycles. The Bertz CT molecular complexity index is 602. The van der Waals surface area contributed by atoms with Gasteiger partial charge in [0.15, 0.2) is 0 Å². The lowest BCUT2D eigenvalue weighted by atomic mass is 10.2. The third kappa shape index (κ3) is 3.38. The second kappa shape index (κ2) is 6.07. The molecule has 100 valence electrons. The SMILES string of the molecule is Cc1c(Cl)nc(C(C)C)nc1Sc1ncccc1Cl. The average molecular weight is 314 g/mol. The largest absolute Gasteiger partial charge is 0.248 e. The first-order valence-electron chi connectivity index (χ1n) is 5.81. The zero-order chi connectivity index (χ0) is 14.0. The summed E-state index contributed by atoms with van der Waals surface area (Å²) in [7, 11) is 0. The molecular weight excluding hydrogens is 301 g/mol. The molecule has 0 unspecified atom stereocenters. The Kier molecular flexibility index (Phi) is 4.66. The molecule has 2 rings (SSSR count). The lowest BCUT2D eigenvalue weighted by Gasteiger charge is -2.10. The predicted octanol–water partition coefficient (Wildman–Crippen LogP) is 4.76. The van der Waals surface area contributed by atoms with Crippen LogP contribution >= 0.6 is 35.0 Å². The van der Waals surface area contributed by atoms with E-state index in [-0.39, 0.29) is 5.92 Å². The van der Waals surface area contributed by atoms with Gasteiger partial charge in [0.25, 0.3) is 0 Å². The fraction of sp³-hybridized carbons (Fsp3) is 0.308. The maximum Gasteiger partial charge on any atom is 0.136 e. The summed E-state index contributed by atoms with van der Waals surface area (Å²) in [6.45, 7) is 5.96. The molecule has 0 aliphatic rings. The van der Waals surface area contributed by atoms with Crippen LogP contribution in [-0.4, -0.2) is 15.0 Å². The molecule has 0 fully saturated rings. The maximum absolute atomic E-state index is 6.15. The first-order chi connectivity index (χ1) is 8.99. The lowest BCUT2D eigenvalue weighted by molar-refractivity contribution is 0.747. The summed E-state index contributed by atoms with van der Waals surface area (Å²) in [5, 5.41) is 2.60. The van der Waals surface area contributed by atoms with Crippen molar-refractivity contribution in [2.75, 3.05) is 0 Å². The smallest absolute Gasteiger partial charge is 0.136 e. The van der Waals surface area contributed by atoms with Gasteiger partial charge >= 0.3 is 0 Å². The maximum atomic E-state index is 6.15.